The quantitative estimate of drug-likeness (QED) is 0.671. The van der Waals surface area contributed by atoms with E-state index in [0.717, 1.165) is 24.0 Å². The molecule has 2 N–H and O–H groups in total. The van der Waals surface area contributed by atoms with Crippen LogP contribution in [0.25, 0.3) is 11.4 Å². The number of tetrazole rings is 1. The van der Waals surface area contributed by atoms with Crippen LogP contribution in [0.5, 0.6) is 0 Å². The van der Waals surface area contributed by atoms with Gasteiger partial charge in [-0.2, -0.15) is 4.80 Å². The van der Waals surface area contributed by atoms with Crippen LogP contribution in [0.15, 0.2) is 54.6 Å². The second kappa shape index (κ2) is 7.36. The predicted molar refractivity (Wildman–Crippen MR) is 97.1 cm³/mol. The van der Waals surface area contributed by atoms with Crippen LogP contribution in [-0.2, 0) is 11.3 Å². The number of hydrogen-bond acceptors (Lipinski definition) is 5. The fourth-order valence-corrected chi connectivity index (χ4v) is 2.58. The van der Waals surface area contributed by atoms with Crippen LogP contribution < -0.4 is 10.9 Å². The molecule has 0 saturated heterocycles. The molecule has 2 aromatic carbocycles. The van der Waals surface area contributed by atoms with Gasteiger partial charge < -0.3 is 0 Å². The lowest BCUT2D eigenvalue weighted by molar-refractivity contribution is -0.123. The van der Waals surface area contributed by atoms with Crippen LogP contribution in [0.2, 0.25) is 0 Å². The summed E-state index contributed by atoms with van der Waals surface area (Å²) in [5, 5.41) is 12.5. The first-order valence-corrected chi connectivity index (χ1v) is 8.71. The molecule has 0 atom stereocenters. The number of rotatable bonds is 5. The number of hydrazine groups is 1. The van der Waals surface area contributed by atoms with Gasteiger partial charge in [0, 0.05) is 17.0 Å². The molecular weight excluding hydrogens is 344 g/mol. The Morgan fingerprint density at radius 3 is 2.44 bits per heavy atom. The number of amides is 2. The largest absolute Gasteiger partial charge is 0.273 e. The molecule has 0 radical (unpaired) electrons. The van der Waals surface area contributed by atoms with Gasteiger partial charge in [-0.05, 0) is 35.8 Å². The minimum absolute atomic E-state index is 0.0450. The summed E-state index contributed by atoms with van der Waals surface area (Å²) >= 11 is 0. The van der Waals surface area contributed by atoms with E-state index in [1.165, 1.54) is 4.80 Å². The maximum absolute atomic E-state index is 12.1. The monoisotopic (exact) mass is 362 g/mol. The smallest absolute Gasteiger partial charge is 0.269 e. The summed E-state index contributed by atoms with van der Waals surface area (Å²) in [5.41, 5.74) is 7.18. The first-order valence-electron chi connectivity index (χ1n) is 8.71. The van der Waals surface area contributed by atoms with Gasteiger partial charge in [0.2, 0.25) is 11.7 Å². The van der Waals surface area contributed by atoms with E-state index in [-0.39, 0.29) is 17.7 Å². The molecule has 1 heterocycles. The Morgan fingerprint density at radius 2 is 1.74 bits per heavy atom. The summed E-state index contributed by atoms with van der Waals surface area (Å²) in [4.78, 5) is 25.1. The van der Waals surface area contributed by atoms with Gasteiger partial charge in [0.05, 0.1) is 6.54 Å². The highest BCUT2D eigenvalue weighted by atomic mass is 16.2. The Hall–Kier alpha value is -3.55. The molecule has 0 unspecified atom stereocenters. The lowest BCUT2D eigenvalue weighted by Crippen LogP contribution is -2.42. The molecule has 8 heteroatoms. The van der Waals surface area contributed by atoms with Crippen LogP contribution in [0.1, 0.15) is 28.8 Å². The maximum atomic E-state index is 12.1. The lowest BCUT2D eigenvalue weighted by Gasteiger charge is -2.07. The fraction of sp³-hybridized carbons (Fsp3) is 0.211. The molecule has 0 aliphatic heterocycles. The number of carbonyl (C=O) groups excluding carboxylic acids is 2. The summed E-state index contributed by atoms with van der Waals surface area (Å²) < 4.78 is 0. The molecule has 1 aromatic heterocycles. The Morgan fingerprint density at radius 1 is 1.00 bits per heavy atom. The van der Waals surface area contributed by atoms with Gasteiger partial charge in [-0.3, -0.25) is 20.4 Å². The van der Waals surface area contributed by atoms with Gasteiger partial charge in [-0.25, -0.2) is 0 Å². The van der Waals surface area contributed by atoms with Gasteiger partial charge in [-0.15, -0.1) is 10.2 Å². The minimum atomic E-state index is -0.346. The number of aromatic nitrogens is 4. The maximum Gasteiger partial charge on any atom is 0.269 e. The topological polar surface area (TPSA) is 102 Å². The van der Waals surface area contributed by atoms with E-state index in [9.17, 15) is 9.59 Å². The third-order valence-corrected chi connectivity index (χ3v) is 4.27. The predicted octanol–water partition coefficient (Wildman–Crippen LogP) is 1.56. The lowest BCUT2D eigenvalue weighted by atomic mass is 10.1. The van der Waals surface area contributed by atoms with Crippen LogP contribution in [-0.4, -0.2) is 32.0 Å². The first kappa shape index (κ1) is 16.9. The van der Waals surface area contributed by atoms with E-state index in [0.29, 0.717) is 17.9 Å². The van der Waals surface area contributed by atoms with Crippen molar-refractivity contribution in [1.29, 1.82) is 0 Å². The van der Waals surface area contributed by atoms with Crippen LogP contribution in [0.3, 0.4) is 0 Å². The zero-order chi connectivity index (χ0) is 18.6. The minimum Gasteiger partial charge on any atom is -0.273 e. The van der Waals surface area contributed by atoms with E-state index in [1.54, 1.807) is 12.1 Å². The van der Waals surface area contributed by atoms with Crippen molar-refractivity contribution >= 4 is 11.8 Å². The number of carbonyl (C=O) groups is 2. The molecule has 1 fully saturated rings. The summed E-state index contributed by atoms with van der Waals surface area (Å²) in [7, 11) is 0. The average molecular weight is 362 g/mol. The van der Waals surface area contributed by atoms with Crippen molar-refractivity contribution in [1.82, 2.24) is 31.1 Å². The Labute approximate surface area is 155 Å². The normalized spacial score (nSPS) is 13.2. The molecule has 2 amide bonds. The highest BCUT2D eigenvalue weighted by molar-refractivity contribution is 5.95. The van der Waals surface area contributed by atoms with Crippen LogP contribution in [0, 0.1) is 5.92 Å². The zero-order valence-corrected chi connectivity index (χ0v) is 14.5. The van der Waals surface area contributed by atoms with Gasteiger partial charge in [0.1, 0.15) is 0 Å². The Kier molecular flexibility index (Phi) is 4.61. The number of hydrogen-bond donors (Lipinski definition) is 2. The highest BCUT2D eigenvalue weighted by Crippen LogP contribution is 2.28. The second-order valence-corrected chi connectivity index (χ2v) is 6.42. The average Bonchev–Trinajstić information content (AvgIpc) is 3.46. The van der Waals surface area contributed by atoms with E-state index >= 15 is 0 Å². The summed E-state index contributed by atoms with van der Waals surface area (Å²) in [6.45, 7) is 0.445. The SMILES string of the molecule is O=C(NNC(=O)C1CC1)c1ccc(Cn2nnc(-c3ccccc3)n2)cc1. The van der Waals surface area contributed by atoms with Crippen molar-refractivity contribution in [3.8, 4) is 11.4 Å². The van der Waals surface area contributed by atoms with E-state index in [4.69, 9.17) is 0 Å². The summed E-state index contributed by atoms with van der Waals surface area (Å²) in [6, 6.07) is 16.7. The molecule has 1 aliphatic rings. The molecule has 3 aromatic rings. The third kappa shape index (κ3) is 4.17. The van der Waals surface area contributed by atoms with Crippen LogP contribution >= 0.6 is 0 Å². The first-order chi connectivity index (χ1) is 13.2. The fourth-order valence-electron chi connectivity index (χ4n) is 2.58. The van der Waals surface area contributed by atoms with E-state index < -0.39 is 0 Å². The molecule has 27 heavy (non-hydrogen) atoms. The molecule has 4 rings (SSSR count). The van der Waals surface area contributed by atoms with Gasteiger partial charge in [-0.1, -0.05) is 42.5 Å². The number of nitrogens with zero attached hydrogens (tertiary/aromatic N) is 4. The Bertz CT molecular complexity index is 948. The van der Waals surface area contributed by atoms with Gasteiger partial charge >= 0.3 is 0 Å². The van der Waals surface area contributed by atoms with Crippen molar-refractivity contribution in [2.75, 3.05) is 0 Å². The second-order valence-electron chi connectivity index (χ2n) is 6.42. The van der Waals surface area contributed by atoms with Crippen molar-refractivity contribution < 1.29 is 9.59 Å². The van der Waals surface area contributed by atoms with Gasteiger partial charge in [0.25, 0.3) is 5.91 Å². The molecule has 1 saturated carbocycles. The van der Waals surface area contributed by atoms with Gasteiger partial charge in [0.15, 0.2) is 0 Å². The van der Waals surface area contributed by atoms with Crippen molar-refractivity contribution in [3.05, 3.63) is 65.7 Å². The van der Waals surface area contributed by atoms with Crippen LogP contribution in [0.4, 0.5) is 0 Å². The van der Waals surface area contributed by atoms with E-state index in [2.05, 4.69) is 26.3 Å². The zero-order valence-electron chi connectivity index (χ0n) is 14.5. The Balaban J connectivity index is 1.35. The van der Waals surface area contributed by atoms with Crippen molar-refractivity contribution in [3.63, 3.8) is 0 Å². The standard InChI is InChI=1S/C19H18N6O2/c26-18(21-22-19(27)16-10-11-16)15-8-6-13(7-9-15)12-25-23-17(20-24-25)14-4-2-1-3-5-14/h1-9,16H,10-12H2,(H,21,26)(H,22,27). The van der Waals surface area contributed by atoms with E-state index in [1.807, 2.05) is 42.5 Å². The van der Waals surface area contributed by atoms with Crippen molar-refractivity contribution in [2.45, 2.75) is 19.4 Å². The molecule has 1 aliphatic carbocycles. The number of nitrogens with one attached hydrogen (secondary N) is 2. The molecule has 0 spiro atoms. The molecule has 136 valence electrons. The third-order valence-electron chi connectivity index (χ3n) is 4.27. The summed E-state index contributed by atoms with van der Waals surface area (Å²) in [6.07, 6.45) is 1.78. The molecule has 8 nitrogen and oxygen atoms in total. The molecule has 0 bridgehead atoms. The number of benzene rings is 2. The summed E-state index contributed by atoms with van der Waals surface area (Å²) in [5.74, 6) is 0.133. The van der Waals surface area contributed by atoms with Crippen molar-refractivity contribution in [2.24, 2.45) is 5.92 Å². The molecular formula is C19H18N6O2. The highest BCUT2D eigenvalue weighted by Gasteiger charge is 2.29.